The molecule has 0 fully saturated rings. The second-order valence-electron chi connectivity index (χ2n) is 4.98. The lowest BCUT2D eigenvalue weighted by molar-refractivity contribution is 0.302. The van der Waals surface area contributed by atoms with Crippen molar-refractivity contribution in [1.82, 2.24) is 0 Å². The summed E-state index contributed by atoms with van der Waals surface area (Å²) in [5.41, 5.74) is 8.52. The highest BCUT2D eigenvalue weighted by Gasteiger charge is 2.10. The minimum absolute atomic E-state index is 0.388. The van der Waals surface area contributed by atoms with Gasteiger partial charge in [-0.3, -0.25) is 0 Å². The van der Waals surface area contributed by atoms with Crippen molar-refractivity contribution in [3.05, 3.63) is 57.0 Å². The van der Waals surface area contributed by atoms with Crippen LogP contribution in [-0.2, 0) is 6.61 Å². The van der Waals surface area contributed by atoms with Crippen LogP contribution in [0.5, 0.6) is 5.75 Å². The quantitative estimate of drug-likeness (QED) is 0.747. The third-order valence-corrected chi connectivity index (χ3v) is 3.91. The van der Waals surface area contributed by atoms with Gasteiger partial charge in [-0.15, -0.1) is 0 Å². The molecule has 0 aliphatic rings. The molecular formula is C16H17BrClNO. The fourth-order valence-corrected chi connectivity index (χ4v) is 2.51. The summed E-state index contributed by atoms with van der Waals surface area (Å²) >= 11 is 9.64. The molecule has 0 unspecified atom stereocenters. The maximum atomic E-state index is 6.15. The first-order valence-electron chi connectivity index (χ1n) is 6.43. The number of rotatable bonds is 4. The fraction of sp³-hybridized carbons (Fsp3) is 0.250. The van der Waals surface area contributed by atoms with E-state index in [1.54, 1.807) is 12.1 Å². The molecule has 0 aromatic heterocycles. The minimum Gasteiger partial charge on any atom is -0.489 e. The summed E-state index contributed by atoms with van der Waals surface area (Å²) < 4.78 is 6.97. The zero-order valence-electron chi connectivity index (χ0n) is 11.5. The fourth-order valence-electron chi connectivity index (χ4n) is 1.96. The molecule has 4 heteroatoms. The van der Waals surface area contributed by atoms with Crippen molar-refractivity contribution in [1.29, 1.82) is 0 Å². The summed E-state index contributed by atoms with van der Waals surface area (Å²) in [6.07, 6.45) is 0. The molecule has 0 atom stereocenters. The number of benzene rings is 2. The Morgan fingerprint density at radius 2 is 1.95 bits per heavy atom. The Morgan fingerprint density at radius 1 is 1.20 bits per heavy atom. The van der Waals surface area contributed by atoms with Crippen LogP contribution in [0.25, 0.3) is 0 Å². The highest BCUT2D eigenvalue weighted by atomic mass is 79.9. The van der Waals surface area contributed by atoms with Crippen LogP contribution in [0.15, 0.2) is 40.9 Å². The minimum atomic E-state index is 0.388. The molecule has 2 N–H and O–H groups in total. The van der Waals surface area contributed by atoms with Gasteiger partial charge in [0.25, 0.3) is 0 Å². The third-order valence-electron chi connectivity index (χ3n) is 3.05. The van der Waals surface area contributed by atoms with Crippen LogP contribution < -0.4 is 10.5 Å². The van der Waals surface area contributed by atoms with Gasteiger partial charge in [0.15, 0.2) is 0 Å². The van der Waals surface area contributed by atoms with Gasteiger partial charge in [-0.05, 0) is 47.9 Å². The summed E-state index contributed by atoms with van der Waals surface area (Å²) in [7, 11) is 0. The highest BCUT2D eigenvalue weighted by molar-refractivity contribution is 9.10. The van der Waals surface area contributed by atoms with Crippen molar-refractivity contribution in [3.8, 4) is 5.75 Å². The Hall–Kier alpha value is -1.19. The molecule has 0 heterocycles. The predicted octanol–water partition coefficient (Wildman–Crippen LogP) is 5.39. The first-order chi connectivity index (χ1) is 9.47. The van der Waals surface area contributed by atoms with E-state index in [9.17, 15) is 0 Å². The average Bonchev–Trinajstić information content (AvgIpc) is 2.40. The van der Waals surface area contributed by atoms with Crippen molar-refractivity contribution < 1.29 is 4.74 Å². The monoisotopic (exact) mass is 353 g/mol. The van der Waals surface area contributed by atoms with Gasteiger partial charge in [0, 0.05) is 20.7 Å². The van der Waals surface area contributed by atoms with Crippen LogP contribution in [0.2, 0.25) is 5.02 Å². The van der Waals surface area contributed by atoms with Crippen LogP contribution in [-0.4, -0.2) is 0 Å². The van der Waals surface area contributed by atoms with Gasteiger partial charge in [0.05, 0.1) is 0 Å². The smallest absolute Gasteiger partial charge is 0.123 e. The van der Waals surface area contributed by atoms with Crippen LogP contribution >= 0.6 is 27.5 Å². The number of ether oxygens (including phenoxy) is 1. The van der Waals surface area contributed by atoms with Gasteiger partial charge in [-0.25, -0.2) is 0 Å². The zero-order chi connectivity index (χ0) is 14.7. The van der Waals surface area contributed by atoms with E-state index in [0.717, 1.165) is 15.8 Å². The number of halogens is 2. The van der Waals surface area contributed by atoms with Crippen LogP contribution in [0, 0.1) is 0 Å². The Kier molecular flexibility index (Phi) is 4.95. The Balaban J connectivity index is 2.20. The Bertz CT molecular complexity index is 613. The molecule has 2 aromatic carbocycles. The van der Waals surface area contributed by atoms with Gasteiger partial charge < -0.3 is 10.5 Å². The van der Waals surface area contributed by atoms with Gasteiger partial charge in [-0.2, -0.15) is 0 Å². The summed E-state index contributed by atoms with van der Waals surface area (Å²) in [5.74, 6) is 1.26. The molecule has 0 amide bonds. The number of hydrogen-bond acceptors (Lipinski definition) is 2. The number of hydrogen-bond donors (Lipinski definition) is 1. The second kappa shape index (κ2) is 6.51. The van der Waals surface area contributed by atoms with Crippen molar-refractivity contribution in [2.45, 2.75) is 26.4 Å². The van der Waals surface area contributed by atoms with E-state index in [4.69, 9.17) is 22.1 Å². The molecule has 2 rings (SSSR count). The van der Waals surface area contributed by atoms with Crippen molar-refractivity contribution in [3.63, 3.8) is 0 Å². The molecule has 20 heavy (non-hydrogen) atoms. The lowest BCUT2D eigenvalue weighted by Gasteiger charge is -2.15. The largest absolute Gasteiger partial charge is 0.489 e. The first kappa shape index (κ1) is 15.2. The summed E-state index contributed by atoms with van der Waals surface area (Å²) in [6, 6.07) is 11.4. The average molecular weight is 355 g/mol. The molecule has 2 aromatic rings. The van der Waals surface area contributed by atoms with Crippen LogP contribution in [0.1, 0.15) is 30.9 Å². The molecule has 0 aliphatic carbocycles. The topological polar surface area (TPSA) is 35.2 Å². The van der Waals surface area contributed by atoms with Crippen LogP contribution in [0.3, 0.4) is 0 Å². The second-order valence-corrected chi connectivity index (χ2v) is 6.30. The zero-order valence-corrected chi connectivity index (χ0v) is 13.8. The lowest BCUT2D eigenvalue weighted by atomic mass is 10.0. The van der Waals surface area contributed by atoms with E-state index in [2.05, 4.69) is 35.8 Å². The first-order valence-corrected chi connectivity index (χ1v) is 7.60. The van der Waals surface area contributed by atoms with Gasteiger partial charge in [0.2, 0.25) is 0 Å². The van der Waals surface area contributed by atoms with Crippen LogP contribution in [0.4, 0.5) is 5.69 Å². The molecule has 0 saturated carbocycles. The van der Waals surface area contributed by atoms with E-state index >= 15 is 0 Å². The maximum Gasteiger partial charge on any atom is 0.123 e. The van der Waals surface area contributed by atoms with E-state index in [1.807, 2.05) is 18.2 Å². The summed E-state index contributed by atoms with van der Waals surface area (Å²) in [5, 5.41) is 0.669. The van der Waals surface area contributed by atoms with Gasteiger partial charge in [-0.1, -0.05) is 41.4 Å². The van der Waals surface area contributed by atoms with Crippen molar-refractivity contribution in [2.24, 2.45) is 0 Å². The van der Waals surface area contributed by atoms with E-state index in [0.29, 0.717) is 23.2 Å². The molecular weight excluding hydrogens is 338 g/mol. The van der Waals surface area contributed by atoms with E-state index < -0.39 is 0 Å². The lowest BCUT2D eigenvalue weighted by Crippen LogP contribution is -2.01. The molecule has 0 aliphatic heterocycles. The van der Waals surface area contributed by atoms with Gasteiger partial charge >= 0.3 is 0 Å². The number of anilines is 1. The highest BCUT2D eigenvalue weighted by Crippen LogP contribution is 2.30. The third kappa shape index (κ3) is 3.68. The Morgan fingerprint density at radius 3 is 2.65 bits per heavy atom. The predicted molar refractivity (Wildman–Crippen MR) is 88.4 cm³/mol. The normalized spacial score (nSPS) is 10.8. The molecule has 0 spiro atoms. The number of nitrogen functional groups attached to an aromatic ring is 1. The molecule has 106 valence electrons. The Labute approximate surface area is 133 Å². The van der Waals surface area contributed by atoms with Gasteiger partial charge in [0.1, 0.15) is 12.4 Å². The molecule has 0 radical (unpaired) electrons. The van der Waals surface area contributed by atoms with Crippen molar-refractivity contribution >= 4 is 33.2 Å². The molecule has 0 saturated heterocycles. The molecule has 0 bridgehead atoms. The maximum absolute atomic E-state index is 6.15. The molecule has 2 nitrogen and oxygen atoms in total. The van der Waals surface area contributed by atoms with E-state index in [1.165, 1.54) is 5.56 Å². The van der Waals surface area contributed by atoms with Crippen molar-refractivity contribution in [2.75, 3.05) is 5.73 Å². The standard InChI is InChI=1S/C16H17BrClNO/c1-10(2)14-8-12(17)3-6-16(14)20-9-11-7-13(19)4-5-15(11)18/h3-8,10H,9,19H2,1-2H3. The summed E-state index contributed by atoms with van der Waals surface area (Å²) in [6.45, 7) is 4.69. The summed E-state index contributed by atoms with van der Waals surface area (Å²) in [4.78, 5) is 0. The SMILES string of the molecule is CC(C)c1cc(Br)ccc1OCc1cc(N)ccc1Cl. The number of nitrogens with two attached hydrogens (primary N) is 1. The van der Waals surface area contributed by atoms with E-state index in [-0.39, 0.29) is 0 Å².